The van der Waals surface area contributed by atoms with Gasteiger partial charge in [-0.1, -0.05) is 43.6 Å². The minimum absolute atomic E-state index is 0.235. The Morgan fingerprint density at radius 2 is 2.00 bits per heavy atom. The highest BCUT2D eigenvalue weighted by Crippen LogP contribution is 2.46. The van der Waals surface area contributed by atoms with Crippen LogP contribution in [0.4, 0.5) is 4.79 Å². The lowest BCUT2D eigenvalue weighted by Gasteiger charge is -2.43. The minimum Gasteiger partial charge on any atom is -0.388 e. The Bertz CT molecular complexity index is 1050. The maximum Gasteiger partial charge on any atom is 0.350 e. The number of benzene rings is 2. The van der Waals surface area contributed by atoms with Crippen molar-refractivity contribution in [2.45, 2.75) is 32.8 Å². The van der Waals surface area contributed by atoms with E-state index in [4.69, 9.17) is 16.4 Å². The number of para-hydroxylation sites is 1. The number of halogens is 1. The number of amides is 2. The van der Waals surface area contributed by atoms with Crippen LogP contribution >= 0.6 is 11.6 Å². The highest BCUT2D eigenvalue weighted by Gasteiger charge is 2.40. The van der Waals surface area contributed by atoms with Crippen molar-refractivity contribution < 1.29 is 14.7 Å². The van der Waals surface area contributed by atoms with Gasteiger partial charge in [-0.15, -0.1) is 0 Å². The molecule has 2 heterocycles. The average molecular weight is 443 g/mol. The number of fused-ring (bicyclic) bond motifs is 1. The van der Waals surface area contributed by atoms with Crippen LogP contribution in [0.25, 0.3) is 10.9 Å². The van der Waals surface area contributed by atoms with E-state index in [1.807, 2.05) is 24.3 Å². The fraction of sp³-hybridized carbons (Fsp3) is 0.391. The first kappa shape index (κ1) is 21.5. The van der Waals surface area contributed by atoms with E-state index in [-0.39, 0.29) is 11.9 Å². The van der Waals surface area contributed by atoms with E-state index in [1.54, 1.807) is 29.3 Å². The number of H-pyrrole nitrogens is 1. The number of nitrogens with zero attached hydrogens (tertiary/aromatic N) is 2. The van der Waals surface area contributed by atoms with E-state index in [1.165, 1.54) is 0 Å². The summed E-state index contributed by atoms with van der Waals surface area (Å²) in [6, 6.07) is 12.5. The normalized spacial score (nSPS) is 16.3. The summed E-state index contributed by atoms with van der Waals surface area (Å²) in [7, 11) is 0. The third-order valence-corrected chi connectivity index (χ3v) is 6.60. The number of aromatic nitrogens is 2. The number of likely N-dealkylation sites (tertiary alicyclic amines) is 1. The minimum atomic E-state index is -0.721. The van der Waals surface area contributed by atoms with Gasteiger partial charge >= 0.3 is 6.03 Å². The van der Waals surface area contributed by atoms with E-state index in [0.29, 0.717) is 23.9 Å². The standard InChI is InChI=1S/C23H27ClN4O3/c1-23(2,21(29)19-13-17(24)12-15-14-25-26-20(15)19)16-8-10-28(11-9-16)22(30)27-31-18-6-4-3-5-7-18/h3-7,12-14,16,21,29H,8-11H2,1-2H3,(H,25,26)(H,27,30). The third kappa shape index (κ3) is 4.48. The molecule has 1 atom stereocenters. The van der Waals surface area contributed by atoms with Crippen LogP contribution in [-0.4, -0.2) is 39.3 Å². The highest BCUT2D eigenvalue weighted by molar-refractivity contribution is 6.31. The number of urea groups is 1. The van der Waals surface area contributed by atoms with Gasteiger partial charge in [0.05, 0.1) is 17.8 Å². The molecule has 8 heteroatoms. The lowest BCUT2D eigenvalue weighted by molar-refractivity contribution is -0.0154. The van der Waals surface area contributed by atoms with Gasteiger partial charge in [0.15, 0.2) is 5.75 Å². The number of hydroxylamine groups is 1. The first-order chi connectivity index (χ1) is 14.9. The molecule has 1 fully saturated rings. The van der Waals surface area contributed by atoms with Gasteiger partial charge < -0.3 is 14.8 Å². The molecule has 1 aliphatic rings. The molecule has 7 nitrogen and oxygen atoms in total. The summed E-state index contributed by atoms with van der Waals surface area (Å²) in [5.74, 6) is 0.820. The molecule has 0 spiro atoms. The Morgan fingerprint density at radius 3 is 2.71 bits per heavy atom. The number of nitrogens with one attached hydrogen (secondary N) is 2. The molecule has 31 heavy (non-hydrogen) atoms. The molecule has 2 amide bonds. The molecule has 3 N–H and O–H groups in total. The zero-order chi connectivity index (χ0) is 22.0. The molecule has 4 rings (SSSR count). The van der Waals surface area contributed by atoms with Crippen molar-refractivity contribution in [3.63, 3.8) is 0 Å². The molecular weight excluding hydrogens is 416 g/mol. The van der Waals surface area contributed by atoms with Crippen molar-refractivity contribution >= 4 is 28.5 Å². The molecule has 1 aliphatic heterocycles. The summed E-state index contributed by atoms with van der Waals surface area (Å²) in [5, 5.41) is 19.8. The fourth-order valence-corrected chi connectivity index (χ4v) is 4.60. The summed E-state index contributed by atoms with van der Waals surface area (Å²) in [6.07, 6.45) is 2.56. The van der Waals surface area contributed by atoms with Crippen molar-refractivity contribution in [1.82, 2.24) is 20.6 Å². The molecule has 0 bridgehead atoms. The van der Waals surface area contributed by atoms with Gasteiger partial charge in [-0.2, -0.15) is 10.6 Å². The summed E-state index contributed by atoms with van der Waals surface area (Å²) in [4.78, 5) is 19.5. The average Bonchev–Trinajstić information content (AvgIpc) is 3.25. The van der Waals surface area contributed by atoms with Crippen LogP contribution in [0.15, 0.2) is 48.7 Å². The summed E-state index contributed by atoms with van der Waals surface area (Å²) < 4.78 is 0. The second kappa shape index (κ2) is 8.77. The Balaban J connectivity index is 1.39. The van der Waals surface area contributed by atoms with Crippen LogP contribution in [0.3, 0.4) is 0 Å². The molecule has 1 saturated heterocycles. The van der Waals surface area contributed by atoms with Crippen molar-refractivity contribution in [2.24, 2.45) is 11.3 Å². The smallest absolute Gasteiger partial charge is 0.350 e. The number of carbonyl (C=O) groups excluding carboxylic acids is 1. The molecule has 0 saturated carbocycles. The number of aliphatic hydroxyl groups excluding tert-OH is 1. The van der Waals surface area contributed by atoms with Gasteiger partial charge in [-0.3, -0.25) is 5.10 Å². The highest BCUT2D eigenvalue weighted by atomic mass is 35.5. The number of rotatable bonds is 5. The van der Waals surface area contributed by atoms with Crippen molar-refractivity contribution in [2.75, 3.05) is 13.1 Å². The van der Waals surface area contributed by atoms with Gasteiger partial charge in [0.25, 0.3) is 0 Å². The van der Waals surface area contributed by atoms with Crippen molar-refractivity contribution in [3.8, 4) is 5.75 Å². The molecule has 0 radical (unpaired) electrons. The van der Waals surface area contributed by atoms with E-state index in [2.05, 4.69) is 29.5 Å². The number of aromatic amines is 1. The van der Waals surface area contributed by atoms with E-state index >= 15 is 0 Å². The molecule has 1 aromatic heterocycles. The number of piperidine rings is 1. The molecular formula is C23H27ClN4O3. The van der Waals surface area contributed by atoms with Gasteiger partial charge in [0.1, 0.15) is 0 Å². The van der Waals surface area contributed by atoms with Gasteiger partial charge in [0, 0.05) is 29.1 Å². The Kier molecular flexibility index (Phi) is 6.07. The SMILES string of the molecule is CC(C)(C1CCN(C(=O)NOc2ccccc2)CC1)C(O)c1cc(Cl)cc2cn[nH]c12. The van der Waals surface area contributed by atoms with Crippen LogP contribution in [-0.2, 0) is 0 Å². The van der Waals surface area contributed by atoms with Crippen LogP contribution < -0.4 is 10.3 Å². The topological polar surface area (TPSA) is 90.5 Å². The van der Waals surface area contributed by atoms with Crippen LogP contribution in [0.2, 0.25) is 5.02 Å². The van der Waals surface area contributed by atoms with Gasteiger partial charge in [-0.25, -0.2) is 4.79 Å². The lowest BCUT2D eigenvalue weighted by Crippen LogP contribution is -2.48. The first-order valence-corrected chi connectivity index (χ1v) is 10.8. The second-order valence-electron chi connectivity index (χ2n) is 8.64. The largest absolute Gasteiger partial charge is 0.388 e. The molecule has 1 unspecified atom stereocenters. The Morgan fingerprint density at radius 1 is 1.29 bits per heavy atom. The van der Waals surface area contributed by atoms with E-state index in [9.17, 15) is 9.90 Å². The van der Waals surface area contributed by atoms with Crippen LogP contribution in [0, 0.1) is 11.3 Å². The van der Waals surface area contributed by atoms with E-state index < -0.39 is 11.5 Å². The molecule has 164 valence electrons. The van der Waals surface area contributed by atoms with E-state index in [0.717, 1.165) is 29.3 Å². The van der Waals surface area contributed by atoms with Gasteiger partial charge in [0.2, 0.25) is 0 Å². The number of aliphatic hydroxyl groups is 1. The third-order valence-electron chi connectivity index (χ3n) is 6.38. The fourth-order valence-electron chi connectivity index (χ4n) is 4.37. The second-order valence-corrected chi connectivity index (χ2v) is 9.07. The zero-order valence-electron chi connectivity index (χ0n) is 17.6. The van der Waals surface area contributed by atoms with Crippen LogP contribution in [0.5, 0.6) is 5.75 Å². The quantitative estimate of drug-likeness (QED) is 0.500. The Labute approximate surface area is 186 Å². The molecule has 3 aromatic rings. The van der Waals surface area contributed by atoms with Gasteiger partial charge in [-0.05, 0) is 48.4 Å². The molecule has 0 aliphatic carbocycles. The maximum absolute atomic E-state index is 12.5. The van der Waals surface area contributed by atoms with Crippen LogP contribution in [0.1, 0.15) is 38.4 Å². The lowest BCUT2D eigenvalue weighted by atomic mass is 9.68. The Hall–Kier alpha value is -2.77. The summed E-state index contributed by atoms with van der Waals surface area (Å²) >= 11 is 6.27. The number of hydrogen-bond donors (Lipinski definition) is 3. The summed E-state index contributed by atoms with van der Waals surface area (Å²) in [5.41, 5.74) is 3.65. The summed E-state index contributed by atoms with van der Waals surface area (Å²) in [6.45, 7) is 5.33. The number of hydrogen-bond acceptors (Lipinski definition) is 4. The van der Waals surface area contributed by atoms with Crippen molar-refractivity contribution in [1.29, 1.82) is 0 Å². The predicted molar refractivity (Wildman–Crippen MR) is 120 cm³/mol. The maximum atomic E-state index is 12.5. The number of carbonyl (C=O) groups is 1. The predicted octanol–water partition coefficient (Wildman–Crippen LogP) is 4.69. The monoisotopic (exact) mass is 442 g/mol. The zero-order valence-corrected chi connectivity index (χ0v) is 18.4. The van der Waals surface area contributed by atoms with Crippen molar-refractivity contribution in [3.05, 3.63) is 59.2 Å². The molecule has 2 aromatic carbocycles. The first-order valence-electron chi connectivity index (χ1n) is 10.4.